The molecule has 1 amide bonds. The van der Waals surface area contributed by atoms with E-state index >= 15 is 0 Å². The molecule has 0 aliphatic rings. The van der Waals surface area contributed by atoms with E-state index in [-0.39, 0.29) is 16.6 Å². The lowest BCUT2D eigenvalue weighted by Gasteiger charge is -2.10. The Morgan fingerprint density at radius 2 is 1.81 bits per heavy atom. The van der Waals surface area contributed by atoms with E-state index in [4.69, 9.17) is 0 Å². The molecule has 14 heteroatoms. The summed E-state index contributed by atoms with van der Waals surface area (Å²) in [4.78, 5) is 11.4. The van der Waals surface area contributed by atoms with E-state index in [1.165, 1.54) is 12.1 Å². The molecule has 2 aromatic rings. The smallest absolute Gasteiger partial charge is 0.406 e. The van der Waals surface area contributed by atoms with Gasteiger partial charge in [-0.2, -0.15) is 17.9 Å². The minimum Gasteiger partial charge on any atom is -0.406 e. The predicted molar refractivity (Wildman–Crippen MR) is 75.6 cm³/mol. The maximum Gasteiger partial charge on any atom is 0.573 e. The summed E-state index contributed by atoms with van der Waals surface area (Å²) in [6, 6.07) is 4.56. The van der Waals surface area contributed by atoms with Gasteiger partial charge in [-0.1, -0.05) is 11.8 Å². The Hall–Kier alpha value is -2.51. The van der Waals surface area contributed by atoms with Gasteiger partial charge in [-0.25, -0.2) is 0 Å². The van der Waals surface area contributed by atoms with Gasteiger partial charge in [-0.05, 0) is 34.7 Å². The third-order valence-corrected chi connectivity index (χ3v) is 3.49. The van der Waals surface area contributed by atoms with Gasteiger partial charge in [0, 0.05) is 0 Å². The highest BCUT2D eigenvalue weighted by atomic mass is 32.2. The van der Waals surface area contributed by atoms with Crippen LogP contribution in [0.5, 0.6) is 5.75 Å². The predicted octanol–water partition coefficient (Wildman–Crippen LogP) is 2.33. The van der Waals surface area contributed by atoms with E-state index in [2.05, 4.69) is 20.3 Å². The summed E-state index contributed by atoms with van der Waals surface area (Å²) < 4.78 is 77.2. The van der Waals surface area contributed by atoms with E-state index in [0.29, 0.717) is 0 Å². The van der Waals surface area contributed by atoms with Gasteiger partial charge in [0.05, 0.1) is 11.4 Å². The van der Waals surface area contributed by atoms with Crippen molar-refractivity contribution in [3.8, 4) is 11.4 Å². The molecule has 7 nitrogen and oxygen atoms in total. The van der Waals surface area contributed by atoms with Gasteiger partial charge < -0.3 is 10.1 Å². The molecule has 1 aromatic carbocycles. The zero-order valence-corrected chi connectivity index (χ0v) is 13.3. The summed E-state index contributed by atoms with van der Waals surface area (Å²) in [5, 5.41) is 12.3. The monoisotopic (exact) mass is 401 g/mol. The molecule has 0 bridgehead atoms. The average molecular weight is 401 g/mol. The number of rotatable bonds is 6. The largest absolute Gasteiger partial charge is 0.573 e. The van der Waals surface area contributed by atoms with Crippen LogP contribution in [0.25, 0.3) is 5.69 Å². The number of hydrogen-bond donors (Lipinski definition) is 1. The van der Waals surface area contributed by atoms with Crippen LogP contribution in [-0.2, 0) is 4.79 Å². The summed E-state index contributed by atoms with van der Waals surface area (Å²) in [6.45, 7) is -1.46. The van der Waals surface area contributed by atoms with Crippen molar-refractivity contribution < 1.29 is 35.9 Å². The maximum absolute atomic E-state index is 12.1. The number of hydrogen-bond acceptors (Lipinski definition) is 6. The molecule has 0 saturated heterocycles. The van der Waals surface area contributed by atoms with Crippen LogP contribution in [-0.4, -0.2) is 51.0 Å². The number of carbonyl (C=O) groups excluding carboxylic acids is 1. The first-order chi connectivity index (χ1) is 12.0. The number of nitrogens with zero attached hydrogens (tertiary/aromatic N) is 4. The minimum absolute atomic E-state index is 0.0663. The molecule has 0 unspecified atom stereocenters. The van der Waals surface area contributed by atoms with Crippen LogP contribution in [0.3, 0.4) is 0 Å². The molecule has 1 N–H and O–H groups in total. The molecule has 1 aromatic heterocycles. The van der Waals surface area contributed by atoms with E-state index in [1.54, 1.807) is 5.32 Å². The maximum atomic E-state index is 12.1. The Morgan fingerprint density at radius 3 is 2.38 bits per heavy atom. The molecular formula is C12H9F6N5O2S. The SMILES string of the molecule is O=C(CSc1nnnn1-c1ccc(OC(F)(F)F)cc1)NCC(F)(F)F. The zero-order valence-electron chi connectivity index (χ0n) is 12.5. The van der Waals surface area contributed by atoms with Crippen molar-refractivity contribution in [3.05, 3.63) is 24.3 Å². The van der Waals surface area contributed by atoms with Crippen LogP contribution >= 0.6 is 11.8 Å². The average Bonchev–Trinajstić information content (AvgIpc) is 2.98. The molecule has 0 aliphatic carbocycles. The van der Waals surface area contributed by atoms with Gasteiger partial charge in [0.25, 0.3) is 0 Å². The molecule has 0 fully saturated rings. The Morgan fingerprint density at radius 1 is 1.15 bits per heavy atom. The summed E-state index contributed by atoms with van der Waals surface area (Å²) >= 11 is 0.758. The van der Waals surface area contributed by atoms with E-state index < -0.39 is 30.7 Å². The first kappa shape index (κ1) is 19.8. The van der Waals surface area contributed by atoms with Crippen molar-refractivity contribution in [2.45, 2.75) is 17.7 Å². The quantitative estimate of drug-likeness (QED) is 0.591. The number of alkyl halides is 6. The Kier molecular flexibility index (Phi) is 5.94. The van der Waals surface area contributed by atoms with Crippen molar-refractivity contribution in [2.24, 2.45) is 0 Å². The first-order valence-electron chi connectivity index (χ1n) is 6.64. The van der Waals surface area contributed by atoms with Gasteiger partial charge in [0.15, 0.2) is 0 Å². The van der Waals surface area contributed by atoms with Crippen LogP contribution in [0.2, 0.25) is 0 Å². The lowest BCUT2D eigenvalue weighted by molar-refractivity contribution is -0.274. The Labute approximate surface area is 145 Å². The second-order valence-corrected chi connectivity index (χ2v) is 5.54. The molecule has 0 atom stereocenters. The molecule has 1 heterocycles. The van der Waals surface area contributed by atoms with Crippen LogP contribution in [0.15, 0.2) is 29.4 Å². The number of nitrogens with one attached hydrogen (secondary N) is 1. The molecule has 0 aliphatic heterocycles. The van der Waals surface area contributed by atoms with Gasteiger partial charge in [-0.15, -0.1) is 18.3 Å². The number of halogens is 6. The number of ether oxygens (including phenoxy) is 1. The van der Waals surface area contributed by atoms with Crippen molar-refractivity contribution in [1.82, 2.24) is 25.5 Å². The van der Waals surface area contributed by atoms with Crippen LogP contribution in [0.4, 0.5) is 26.3 Å². The van der Waals surface area contributed by atoms with Crippen molar-refractivity contribution in [3.63, 3.8) is 0 Å². The summed E-state index contributed by atoms with van der Waals surface area (Å²) in [5.41, 5.74) is 0.266. The summed E-state index contributed by atoms with van der Waals surface area (Å²) in [5.74, 6) is -1.71. The molecule has 2 rings (SSSR count). The van der Waals surface area contributed by atoms with Gasteiger partial charge in [0.2, 0.25) is 11.1 Å². The summed E-state index contributed by atoms with van der Waals surface area (Å²) in [6.07, 6.45) is -9.36. The number of tetrazole rings is 1. The standard InChI is InChI=1S/C12H9F6N5O2S/c13-11(14,15)6-19-9(24)5-26-10-20-21-22-23(10)7-1-3-8(4-2-7)25-12(16,17)18/h1-4H,5-6H2,(H,19,24). The van der Waals surface area contributed by atoms with Crippen LogP contribution in [0, 0.1) is 0 Å². The third-order valence-electron chi connectivity index (χ3n) is 2.57. The van der Waals surface area contributed by atoms with E-state index in [0.717, 1.165) is 28.6 Å². The minimum atomic E-state index is -4.83. The van der Waals surface area contributed by atoms with Crippen LogP contribution in [0.1, 0.15) is 0 Å². The molecule has 0 spiro atoms. The second kappa shape index (κ2) is 7.80. The number of carbonyl (C=O) groups is 1. The second-order valence-electron chi connectivity index (χ2n) is 4.60. The highest BCUT2D eigenvalue weighted by molar-refractivity contribution is 7.99. The molecular weight excluding hydrogens is 392 g/mol. The number of benzene rings is 1. The van der Waals surface area contributed by atoms with E-state index in [1.807, 2.05) is 0 Å². The molecule has 26 heavy (non-hydrogen) atoms. The highest BCUT2D eigenvalue weighted by Crippen LogP contribution is 2.25. The van der Waals surface area contributed by atoms with Gasteiger partial charge >= 0.3 is 12.5 Å². The van der Waals surface area contributed by atoms with E-state index in [9.17, 15) is 31.1 Å². The van der Waals surface area contributed by atoms with Crippen molar-refractivity contribution in [1.29, 1.82) is 0 Å². The summed E-state index contributed by atoms with van der Waals surface area (Å²) in [7, 11) is 0. The van der Waals surface area contributed by atoms with Crippen LogP contribution < -0.4 is 10.1 Å². The Bertz CT molecular complexity index is 746. The fourth-order valence-corrected chi connectivity index (χ4v) is 2.32. The number of aromatic nitrogens is 4. The van der Waals surface area contributed by atoms with Gasteiger partial charge in [0.1, 0.15) is 12.3 Å². The molecule has 0 saturated carbocycles. The van der Waals surface area contributed by atoms with Crippen molar-refractivity contribution >= 4 is 17.7 Å². The Balaban J connectivity index is 1.98. The topological polar surface area (TPSA) is 81.9 Å². The number of amides is 1. The normalized spacial score (nSPS) is 12.1. The lowest BCUT2D eigenvalue weighted by atomic mass is 10.3. The molecule has 0 radical (unpaired) electrons. The highest BCUT2D eigenvalue weighted by Gasteiger charge is 2.31. The van der Waals surface area contributed by atoms with Gasteiger partial charge in [-0.3, -0.25) is 4.79 Å². The fraction of sp³-hybridized carbons (Fsp3) is 0.333. The third kappa shape index (κ3) is 6.42. The van der Waals surface area contributed by atoms with Crippen molar-refractivity contribution in [2.75, 3.05) is 12.3 Å². The zero-order chi connectivity index (χ0) is 19.4. The lowest BCUT2D eigenvalue weighted by Crippen LogP contribution is -2.34. The first-order valence-corrected chi connectivity index (χ1v) is 7.63. The molecule has 142 valence electrons. The number of thioether (sulfide) groups is 1. The fourth-order valence-electron chi connectivity index (χ4n) is 1.60.